The first-order valence-electron chi connectivity index (χ1n) is 3.42. The fraction of sp³-hybridized carbons (Fsp3) is 1.00. The summed E-state index contributed by atoms with van der Waals surface area (Å²) in [4.78, 5) is 0. The quantitative estimate of drug-likeness (QED) is 0.557. The maximum Gasteiger partial charge on any atom is 0.0420 e. The van der Waals surface area contributed by atoms with Gasteiger partial charge in [0, 0.05) is 17.7 Å². The molecule has 1 atom stereocenters. The van der Waals surface area contributed by atoms with Gasteiger partial charge in [-0.3, -0.25) is 0 Å². The van der Waals surface area contributed by atoms with E-state index in [1.54, 1.807) is 0 Å². The molecule has 1 N–H and O–H groups in total. The van der Waals surface area contributed by atoms with Crippen LogP contribution in [-0.2, 0) is 0 Å². The molecule has 1 unspecified atom stereocenters. The predicted octanol–water partition coefficient (Wildman–Crippen LogP) is 1.70. The lowest BCUT2D eigenvalue weighted by atomic mass is 9.88. The fourth-order valence-corrected chi connectivity index (χ4v) is 2.24. The third-order valence-corrected chi connectivity index (χ3v) is 2.70. The van der Waals surface area contributed by atoms with Crippen molar-refractivity contribution in [3.05, 3.63) is 0 Å². The molecule has 0 aromatic heterocycles. The summed E-state index contributed by atoms with van der Waals surface area (Å²) in [6.07, 6.45) is 0. The Bertz CT molecular complexity index is 89.6. The highest BCUT2D eigenvalue weighted by atomic mass is 32.2. The van der Waals surface area contributed by atoms with E-state index in [0.29, 0.717) is 5.41 Å². The average Bonchev–Trinajstić information content (AvgIpc) is 2.08. The molecule has 0 bridgehead atoms. The second-order valence-electron chi connectivity index (χ2n) is 3.64. The van der Waals surface area contributed by atoms with Gasteiger partial charge in [-0.05, 0) is 5.41 Å². The summed E-state index contributed by atoms with van der Waals surface area (Å²) in [5.74, 6) is 2.42. The van der Waals surface area contributed by atoms with E-state index in [2.05, 4.69) is 26.1 Å². The lowest BCUT2D eigenvalue weighted by molar-refractivity contribution is 0.311. The Hall–Kier alpha value is 0.310. The van der Waals surface area contributed by atoms with Gasteiger partial charge in [-0.15, -0.1) is 11.8 Å². The number of nitrogens with one attached hydrogen (secondary N) is 1. The van der Waals surface area contributed by atoms with Gasteiger partial charge in [-0.25, -0.2) is 0 Å². The molecule has 1 aliphatic rings. The van der Waals surface area contributed by atoms with Crippen LogP contribution >= 0.6 is 11.8 Å². The fourth-order valence-electron chi connectivity index (χ4n) is 0.951. The van der Waals surface area contributed by atoms with Crippen LogP contribution in [0.2, 0.25) is 0 Å². The van der Waals surface area contributed by atoms with Crippen LogP contribution in [0.5, 0.6) is 0 Å². The SMILES string of the molecule is CC(C)(C)C1CSCN1. The zero-order valence-electron chi connectivity index (χ0n) is 6.40. The van der Waals surface area contributed by atoms with Gasteiger partial charge < -0.3 is 5.32 Å². The Morgan fingerprint density at radius 3 is 2.33 bits per heavy atom. The van der Waals surface area contributed by atoms with Crippen molar-refractivity contribution >= 4 is 11.8 Å². The van der Waals surface area contributed by atoms with Crippen molar-refractivity contribution in [3.63, 3.8) is 0 Å². The molecular formula is C7H15NS. The van der Waals surface area contributed by atoms with E-state index < -0.39 is 0 Å². The van der Waals surface area contributed by atoms with Crippen LogP contribution in [-0.4, -0.2) is 17.7 Å². The van der Waals surface area contributed by atoms with Gasteiger partial charge in [0.25, 0.3) is 0 Å². The number of hydrogen-bond donors (Lipinski definition) is 1. The van der Waals surface area contributed by atoms with Crippen molar-refractivity contribution in [2.24, 2.45) is 5.41 Å². The van der Waals surface area contributed by atoms with E-state index >= 15 is 0 Å². The van der Waals surface area contributed by atoms with Crippen molar-refractivity contribution < 1.29 is 0 Å². The number of rotatable bonds is 0. The van der Waals surface area contributed by atoms with E-state index in [-0.39, 0.29) is 0 Å². The van der Waals surface area contributed by atoms with Crippen LogP contribution in [0.3, 0.4) is 0 Å². The van der Waals surface area contributed by atoms with E-state index in [1.807, 2.05) is 11.8 Å². The van der Waals surface area contributed by atoms with Crippen LogP contribution in [0.25, 0.3) is 0 Å². The molecule has 1 saturated heterocycles. The summed E-state index contributed by atoms with van der Waals surface area (Å²) >= 11 is 2.00. The third kappa shape index (κ3) is 1.87. The Balaban J connectivity index is 2.42. The summed E-state index contributed by atoms with van der Waals surface area (Å²) < 4.78 is 0. The molecule has 0 saturated carbocycles. The highest BCUT2D eigenvalue weighted by Crippen LogP contribution is 2.26. The molecule has 0 aromatic carbocycles. The normalized spacial score (nSPS) is 29.0. The van der Waals surface area contributed by atoms with Gasteiger partial charge in [0.15, 0.2) is 0 Å². The van der Waals surface area contributed by atoms with Gasteiger partial charge >= 0.3 is 0 Å². The zero-order valence-corrected chi connectivity index (χ0v) is 7.22. The van der Waals surface area contributed by atoms with Crippen molar-refractivity contribution in [2.45, 2.75) is 26.8 Å². The van der Waals surface area contributed by atoms with Crippen LogP contribution in [0.15, 0.2) is 0 Å². The smallest absolute Gasteiger partial charge is 0.0420 e. The average molecular weight is 145 g/mol. The zero-order chi connectivity index (χ0) is 6.91. The van der Waals surface area contributed by atoms with E-state index in [9.17, 15) is 0 Å². The first-order valence-corrected chi connectivity index (χ1v) is 4.57. The molecule has 1 rings (SSSR count). The second kappa shape index (κ2) is 2.51. The highest BCUT2D eigenvalue weighted by molar-refractivity contribution is 7.99. The van der Waals surface area contributed by atoms with Gasteiger partial charge in [0.05, 0.1) is 0 Å². The molecule has 1 aliphatic heterocycles. The maximum absolute atomic E-state index is 3.46. The second-order valence-corrected chi connectivity index (χ2v) is 4.67. The molecule has 0 radical (unpaired) electrons. The summed E-state index contributed by atoms with van der Waals surface area (Å²) in [7, 11) is 0. The summed E-state index contributed by atoms with van der Waals surface area (Å²) in [5, 5.41) is 3.46. The first kappa shape index (κ1) is 7.42. The lowest BCUT2D eigenvalue weighted by Crippen LogP contribution is -2.36. The Labute approximate surface area is 61.6 Å². The minimum absolute atomic E-state index is 0.448. The minimum Gasteiger partial charge on any atom is -0.304 e. The van der Waals surface area contributed by atoms with Gasteiger partial charge in [0.2, 0.25) is 0 Å². The van der Waals surface area contributed by atoms with E-state index in [1.165, 1.54) is 5.75 Å². The predicted molar refractivity (Wildman–Crippen MR) is 43.7 cm³/mol. The van der Waals surface area contributed by atoms with E-state index in [0.717, 1.165) is 11.9 Å². The minimum atomic E-state index is 0.448. The molecule has 0 amide bonds. The van der Waals surface area contributed by atoms with Gasteiger partial charge in [-0.2, -0.15) is 0 Å². The maximum atomic E-state index is 3.46. The molecule has 0 aromatic rings. The summed E-state index contributed by atoms with van der Waals surface area (Å²) in [6.45, 7) is 6.86. The van der Waals surface area contributed by atoms with Crippen LogP contribution in [0.1, 0.15) is 20.8 Å². The summed E-state index contributed by atoms with van der Waals surface area (Å²) in [5.41, 5.74) is 0.448. The van der Waals surface area contributed by atoms with Crippen molar-refractivity contribution in [2.75, 3.05) is 11.6 Å². The Morgan fingerprint density at radius 2 is 2.11 bits per heavy atom. The lowest BCUT2D eigenvalue weighted by Gasteiger charge is -2.25. The van der Waals surface area contributed by atoms with E-state index in [4.69, 9.17) is 0 Å². The molecule has 1 nitrogen and oxygen atoms in total. The standard InChI is InChI=1S/C7H15NS/c1-7(2,3)6-4-9-5-8-6/h6,8H,4-5H2,1-3H3. The molecule has 0 aliphatic carbocycles. The number of hydrogen-bond acceptors (Lipinski definition) is 2. The highest BCUT2D eigenvalue weighted by Gasteiger charge is 2.26. The largest absolute Gasteiger partial charge is 0.304 e. The molecule has 1 fully saturated rings. The monoisotopic (exact) mass is 145 g/mol. The van der Waals surface area contributed by atoms with Crippen LogP contribution < -0.4 is 5.32 Å². The van der Waals surface area contributed by atoms with Crippen LogP contribution in [0, 0.1) is 5.41 Å². The topological polar surface area (TPSA) is 12.0 Å². The third-order valence-electron chi connectivity index (χ3n) is 1.76. The van der Waals surface area contributed by atoms with Crippen LogP contribution in [0.4, 0.5) is 0 Å². The Morgan fingerprint density at radius 1 is 1.44 bits per heavy atom. The van der Waals surface area contributed by atoms with Crippen molar-refractivity contribution in [1.82, 2.24) is 5.32 Å². The molecule has 1 heterocycles. The molecule has 9 heavy (non-hydrogen) atoms. The van der Waals surface area contributed by atoms with Gasteiger partial charge in [-0.1, -0.05) is 20.8 Å². The molecule has 54 valence electrons. The van der Waals surface area contributed by atoms with Crippen molar-refractivity contribution in [1.29, 1.82) is 0 Å². The molecule has 2 heteroatoms. The first-order chi connectivity index (χ1) is 4.11. The Kier molecular flexibility index (Phi) is 2.07. The summed E-state index contributed by atoms with van der Waals surface area (Å²) in [6, 6.07) is 0.725. The number of thioether (sulfide) groups is 1. The molecule has 0 spiro atoms. The van der Waals surface area contributed by atoms with Gasteiger partial charge in [0.1, 0.15) is 0 Å². The molecular weight excluding hydrogens is 130 g/mol. The van der Waals surface area contributed by atoms with Crippen molar-refractivity contribution in [3.8, 4) is 0 Å².